The number of rotatable bonds is 9. The van der Waals surface area contributed by atoms with Crippen molar-refractivity contribution in [3.05, 3.63) is 82.8 Å². The molecule has 15 nitrogen and oxygen atoms in total. The Bertz CT molecular complexity index is 2370. The van der Waals surface area contributed by atoms with Crippen LogP contribution in [0.15, 0.2) is 54.7 Å². The molecule has 0 radical (unpaired) electrons. The van der Waals surface area contributed by atoms with Crippen molar-refractivity contribution >= 4 is 58.1 Å². The minimum absolute atomic E-state index is 0.0837. The maximum Gasteiger partial charge on any atom is 0.407 e. The second-order valence-electron chi connectivity index (χ2n) is 18.0. The molecule has 6 aliphatic rings. The first kappa shape index (κ1) is 43.2. The van der Waals surface area contributed by atoms with Gasteiger partial charge in [-0.05, 0) is 87.4 Å². The molecule has 0 aliphatic carbocycles. The Morgan fingerprint density at radius 1 is 0.812 bits per heavy atom. The number of fused-ring (bicyclic) bond motifs is 1. The molecule has 3 aromatic rings. The topological polar surface area (TPSA) is 146 Å². The number of alkyl halides is 3. The number of amides is 5. The van der Waals surface area contributed by atoms with E-state index >= 15 is 0 Å². The minimum atomic E-state index is -4.62. The number of hydrogen-bond donors (Lipinski definition) is 2. The lowest BCUT2D eigenvalue weighted by Gasteiger charge is -2.51. The van der Waals surface area contributed by atoms with Crippen LogP contribution in [-0.4, -0.2) is 133 Å². The van der Waals surface area contributed by atoms with Crippen LogP contribution in [0.2, 0.25) is 0 Å². The Morgan fingerprint density at radius 2 is 1.48 bits per heavy atom. The van der Waals surface area contributed by atoms with Gasteiger partial charge in [0.1, 0.15) is 11.9 Å². The van der Waals surface area contributed by atoms with E-state index in [1.165, 1.54) is 12.1 Å². The molecule has 5 fully saturated rings. The summed E-state index contributed by atoms with van der Waals surface area (Å²) in [6.07, 6.45) is 0.519. The average Bonchev–Trinajstić information content (AvgIpc) is 3.51. The lowest BCUT2D eigenvalue weighted by molar-refractivity contribution is -0.137. The lowest BCUT2D eigenvalue weighted by Crippen LogP contribution is -2.65. The minimum Gasteiger partial charge on any atom is -0.372 e. The Hall–Kier alpha value is -6.06. The maximum absolute atomic E-state index is 13.5. The zero-order valence-electron chi connectivity index (χ0n) is 35.6. The van der Waals surface area contributed by atoms with Crippen molar-refractivity contribution in [2.75, 3.05) is 85.5 Å². The summed E-state index contributed by atoms with van der Waals surface area (Å²) < 4.78 is 40.5. The fourth-order valence-corrected chi connectivity index (χ4v) is 10.2. The number of pyridine rings is 1. The predicted molar refractivity (Wildman–Crippen MR) is 232 cm³/mol. The number of nitrogens with zero attached hydrogens (tertiary/aromatic N) is 8. The van der Waals surface area contributed by atoms with Gasteiger partial charge in [0.25, 0.3) is 11.8 Å². The largest absolute Gasteiger partial charge is 0.407 e. The number of halogens is 3. The van der Waals surface area contributed by atoms with Gasteiger partial charge < -0.3 is 20.0 Å². The second-order valence-corrected chi connectivity index (χ2v) is 18.0. The van der Waals surface area contributed by atoms with E-state index in [-0.39, 0.29) is 30.2 Å². The number of imide groups is 2. The number of aromatic nitrogens is 1. The SMILES string of the molecule is [C-]#[N+]c1ccc(N2CCC(C(=O)Nc3ccc(N4CCC(CN5CCN(C6CN(c7ccc8c(c7)C(=O)N(C7CCC(=O)NC7=O)C8=O)C6)C[C@H]5C)CC4)cn3)CC2)cc1C(F)(F)F. The molecule has 2 atom stereocenters. The molecule has 0 bridgehead atoms. The van der Waals surface area contributed by atoms with Gasteiger partial charge >= 0.3 is 6.18 Å². The monoisotopic (exact) mass is 880 g/mol. The summed E-state index contributed by atoms with van der Waals surface area (Å²) in [5.74, 6) is -1.38. The average molecular weight is 881 g/mol. The third kappa shape index (κ3) is 8.62. The summed E-state index contributed by atoms with van der Waals surface area (Å²) in [5.41, 5.74) is 1.51. The predicted octanol–water partition coefficient (Wildman–Crippen LogP) is 5.02. The highest BCUT2D eigenvalue weighted by Crippen LogP contribution is 2.40. The van der Waals surface area contributed by atoms with Crippen molar-refractivity contribution < 1.29 is 37.1 Å². The zero-order chi connectivity index (χ0) is 44.9. The van der Waals surface area contributed by atoms with Gasteiger partial charge in [-0.1, -0.05) is 6.07 Å². The Labute approximate surface area is 369 Å². The van der Waals surface area contributed by atoms with Crippen molar-refractivity contribution in [3.63, 3.8) is 0 Å². The van der Waals surface area contributed by atoms with Crippen molar-refractivity contribution in [1.29, 1.82) is 0 Å². The molecule has 336 valence electrons. The molecule has 64 heavy (non-hydrogen) atoms. The first-order chi connectivity index (χ1) is 30.7. The van der Waals surface area contributed by atoms with E-state index in [9.17, 15) is 37.1 Å². The number of anilines is 4. The molecule has 5 amide bonds. The molecule has 5 saturated heterocycles. The summed E-state index contributed by atoms with van der Waals surface area (Å²) >= 11 is 0. The normalized spacial score (nSPS) is 23.2. The van der Waals surface area contributed by atoms with Crippen LogP contribution in [0.3, 0.4) is 0 Å². The van der Waals surface area contributed by atoms with Crippen molar-refractivity contribution in [2.45, 2.75) is 69.8 Å². The fourth-order valence-electron chi connectivity index (χ4n) is 10.2. The number of hydrogen-bond acceptors (Lipinski definition) is 11. The van der Waals surface area contributed by atoms with E-state index in [4.69, 9.17) is 6.57 Å². The van der Waals surface area contributed by atoms with Gasteiger partial charge in [0.15, 0.2) is 5.69 Å². The van der Waals surface area contributed by atoms with Gasteiger partial charge in [-0.25, -0.2) is 9.83 Å². The molecular weight excluding hydrogens is 830 g/mol. The lowest BCUT2D eigenvalue weighted by atomic mass is 9.94. The van der Waals surface area contributed by atoms with Crippen molar-refractivity contribution in [3.8, 4) is 0 Å². The molecule has 18 heteroatoms. The quantitative estimate of drug-likeness (QED) is 0.221. The van der Waals surface area contributed by atoms with Crippen molar-refractivity contribution in [2.24, 2.45) is 11.8 Å². The van der Waals surface area contributed by atoms with Gasteiger partial charge in [-0.3, -0.25) is 44.0 Å². The van der Waals surface area contributed by atoms with E-state index < -0.39 is 47.1 Å². The third-order valence-corrected chi connectivity index (χ3v) is 14.1. The smallest absolute Gasteiger partial charge is 0.372 e. The summed E-state index contributed by atoms with van der Waals surface area (Å²) in [7, 11) is 0. The Morgan fingerprint density at radius 3 is 2.16 bits per heavy atom. The standard InChI is InChI=1S/C46H51F3N10O5/c1-28-24-57(34-26-58(27-34)31-3-6-35-36(21-31)45(64)59(44(35)63)39-8-10-41(60)53-43(39)62)20-19-56(28)25-29-11-15-55(16-12-29)33-5-9-40(51-23-33)52-42(61)30-13-17-54(18-14-30)32-4-7-38(50-2)37(22-32)46(47,48)49/h3-7,9,21-23,28-30,34,39H,8,10-20,24-27H2,1H3,(H,51,52,61)(H,53,60,62)/t28-,39?/m1/s1. The van der Waals surface area contributed by atoms with E-state index in [1.54, 1.807) is 18.3 Å². The maximum atomic E-state index is 13.5. The number of carbonyl (C=O) groups excluding carboxylic acids is 5. The van der Waals surface area contributed by atoms with E-state index in [1.807, 2.05) is 23.1 Å². The van der Waals surface area contributed by atoms with Gasteiger partial charge in [0.05, 0.1) is 35.1 Å². The van der Waals surface area contributed by atoms with Crippen LogP contribution in [0.5, 0.6) is 0 Å². The summed E-state index contributed by atoms with van der Waals surface area (Å²) in [6, 6.07) is 12.7. The molecule has 6 aliphatic heterocycles. The molecule has 1 unspecified atom stereocenters. The summed E-state index contributed by atoms with van der Waals surface area (Å²) in [4.78, 5) is 83.8. The second kappa shape index (κ2) is 17.5. The van der Waals surface area contributed by atoms with Gasteiger partial charge in [0, 0.05) is 101 Å². The summed E-state index contributed by atoms with van der Waals surface area (Å²) in [5, 5.41) is 5.17. The third-order valence-electron chi connectivity index (χ3n) is 14.1. The van der Waals surface area contributed by atoms with Crippen LogP contribution in [0.1, 0.15) is 71.7 Å². The van der Waals surface area contributed by atoms with Crippen LogP contribution < -0.4 is 25.3 Å². The van der Waals surface area contributed by atoms with Gasteiger partial charge in [-0.15, -0.1) is 0 Å². The van der Waals surface area contributed by atoms with Crippen molar-refractivity contribution in [1.82, 2.24) is 25.0 Å². The zero-order valence-corrected chi connectivity index (χ0v) is 35.6. The molecule has 0 saturated carbocycles. The van der Waals surface area contributed by atoms with E-state index in [2.05, 4.69) is 47.0 Å². The Kier molecular flexibility index (Phi) is 11.8. The highest BCUT2D eigenvalue weighted by Gasteiger charge is 2.45. The molecule has 0 spiro atoms. The van der Waals surface area contributed by atoms with Crippen LogP contribution in [0.25, 0.3) is 4.85 Å². The Balaban J connectivity index is 0.688. The number of piperidine rings is 3. The number of piperazine rings is 1. The van der Waals surface area contributed by atoms with E-state index in [0.717, 1.165) is 87.5 Å². The highest BCUT2D eigenvalue weighted by molar-refractivity contribution is 6.23. The molecular formula is C46H51F3N10O5. The fraction of sp³-hybridized carbons (Fsp3) is 0.500. The number of carbonyl (C=O) groups is 5. The van der Waals surface area contributed by atoms with Gasteiger partial charge in [0.2, 0.25) is 17.7 Å². The molecule has 7 heterocycles. The molecule has 9 rings (SSSR count). The summed E-state index contributed by atoms with van der Waals surface area (Å²) in [6.45, 7) is 17.8. The molecule has 1 aromatic heterocycles. The molecule has 2 N–H and O–H groups in total. The number of benzene rings is 2. The van der Waals surface area contributed by atoms with Crippen LogP contribution in [0, 0.1) is 18.4 Å². The number of nitrogens with one attached hydrogen (secondary N) is 2. The molecule has 2 aromatic carbocycles. The van der Waals surface area contributed by atoms with Crippen LogP contribution in [-0.2, 0) is 20.6 Å². The highest BCUT2D eigenvalue weighted by atomic mass is 19.4. The van der Waals surface area contributed by atoms with Gasteiger partial charge in [-0.2, -0.15) is 13.2 Å². The van der Waals surface area contributed by atoms with E-state index in [0.29, 0.717) is 61.0 Å². The first-order valence-electron chi connectivity index (χ1n) is 22.2. The first-order valence-corrected chi connectivity index (χ1v) is 22.2. The van der Waals surface area contributed by atoms with Crippen LogP contribution in [0.4, 0.5) is 41.7 Å². The van der Waals surface area contributed by atoms with Crippen LogP contribution >= 0.6 is 0 Å².